The van der Waals surface area contributed by atoms with Crippen LogP contribution in [-0.2, 0) is 14.3 Å². The van der Waals surface area contributed by atoms with Gasteiger partial charge in [-0.2, -0.15) is 0 Å². The second-order valence-electron chi connectivity index (χ2n) is 8.90. The van der Waals surface area contributed by atoms with Crippen molar-refractivity contribution in [3.05, 3.63) is 52.7 Å². The fourth-order valence-corrected chi connectivity index (χ4v) is 4.18. The van der Waals surface area contributed by atoms with Crippen molar-refractivity contribution < 1.29 is 23.5 Å². The minimum atomic E-state index is -0.525. The highest BCUT2D eigenvalue weighted by Gasteiger charge is 2.17. The van der Waals surface area contributed by atoms with Gasteiger partial charge in [0.25, 0.3) is 0 Å². The van der Waals surface area contributed by atoms with Crippen LogP contribution in [-0.4, -0.2) is 44.9 Å². The summed E-state index contributed by atoms with van der Waals surface area (Å²) in [4.78, 5) is 28.6. The summed E-state index contributed by atoms with van der Waals surface area (Å²) >= 11 is 0. The molecule has 1 fully saturated rings. The van der Waals surface area contributed by atoms with Crippen molar-refractivity contribution in [3.63, 3.8) is 0 Å². The highest BCUT2D eigenvalue weighted by atomic mass is 19.1. The fraction of sp³-hybridized carbons (Fsp3) is 0.393. The number of halogens is 1. The molecular weight excluding hydrogens is 475 g/mol. The monoisotopic (exact) mass is 510 g/mol. The number of nitrogens with one attached hydrogen (secondary N) is 3. The van der Waals surface area contributed by atoms with Gasteiger partial charge in [-0.1, -0.05) is 19.4 Å². The van der Waals surface area contributed by atoms with Crippen LogP contribution in [0.25, 0.3) is 12.4 Å². The molecule has 198 valence electrons. The first kappa shape index (κ1) is 27.9. The highest BCUT2D eigenvalue weighted by Crippen LogP contribution is 2.23. The van der Waals surface area contributed by atoms with Crippen LogP contribution in [0, 0.1) is 11.7 Å². The number of hydrogen-bond acceptors (Lipinski definition) is 6. The number of anilines is 2. The molecule has 0 atom stereocenters. The Morgan fingerprint density at radius 2 is 1.76 bits per heavy atom. The molecule has 2 amide bonds. The predicted molar refractivity (Wildman–Crippen MR) is 144 cm³/mol. The smallest absolute Gasteiger partial charge is 0.233 e. The Morgan fingerprint density at radius 3 is 2.38 bits per heavy atom. The topological polar surface area (TPSA) is 101 Å². The van der Waals surface area contributed by atoms with Crippen molar-refractivity contribution in [1.82, 2.24) is 5.32 Å². The molecule has 2 aromatic rings. The summed E-state index contributed by atoms with van der Waals surface area (Å²) in [6, 6.07) is 9.77. The zero-order valence-electron chi connectivity index (χ0n) is 21.4. The lowest BCUT2D eigenvalue weighted by Gasteiger charge is -2.12. The SMILES string of the molecule is C=c1cc(OCCOC)cc(F)/c1=C(/N=C\C)Nc1ccc(NC(=O)CC(=O)NCC2CCCC2)cc1. The first-order valence-electron chi connectivity index (χ1n) is 12.5. The molecule has 0 saturated heterocycles. The van der Waals surface area contributed by atoms with E-state index in [4.69, 9.17) is 9.47 Å². The lowest BCUT2D eigenvalue weighted by atomic mass is 10.1. The van der Waals surface area contributed by atoms with Gasteiger partial charge in [-0.15, -0.1) is 0 Å². The van der Waals surface area contributed by atoms with Crippen LogP contribution >= 0.6 is 0 Å². The molecule has 3 N–H and O–H groups in total. The minimum Gasteiger partial charge on any atom is -0.491 e. The highest BCUT2D eigenvalue weighted by molar-refractivity contribution is 6.03. The molecule has 2 aromatic carbocycles. The molecule has 0 bridgehead atoms. The van der Waals surface area contributed by atoms with E-state index in [1.165, 1.54) is 18.9 Å². The zero-order chi connectivity index (χ0) is 26.6. The third kappa shape index (κ3) is 8.71. The number of nitrogens with zero attached hydrogens (tertiary/aromatic N) is 1. The number of amides is 2. The lowest BCUT2D eigenvalue weighted by Crippen LogP contribution is -2.31. The molecule has 0 aliphatic heterocycles. The van der Waals surface area contributed by atoms with Gasteiger partial charge in [0.2, 0.25) is 11.8 Å². The van der Waals surface area contributed by atoms with Crippen molar-refractivity contribution in [1.29, 1.82) is 0 Å². The average Bonchev–Trinajstić information content (AvgIpc) is 3.38. The normalized spacial score (nSPS) is 14.5. The molecule has 1 aliphatic carbocycles. The summed E-state index contributed by atoms with van der Waals surface area (Å²) in [5.74, 6) is -0.0294. The van der Waals surface area contributed by atoms with Gasteiger partial charge < -0.3 is 25.4 Å². The van der Waals surface area contributed by atoms with Gasteiger partial charge in [0, 0.05) is 37.3 Å². The Labute approximate surface area is 216 Å². The third-order valence-corrected chi connectivity index (χ3v) is 6.01. The van der Waals surface area contributed by atoms with Crippen LogP contribution in [0.5, 0.6) is 5.75 Å². The minimum absolute atomic E-state index is 0.221. The standard InChI is InChI=1S/C28H35FN4O4/c1-4-30-28(27-19(2)15-23(16-24(27)29)37-14-13-36-3)33-22-11-9-21(10-12-22)32-26(35)17-25(34)31-18-20-7-5-6-8-20/h4,9-12,15-16,20,33H,2,5-8,13-14,17-18H2,1,3H3,(H,31,34)(H,32,35)/b28-27-,30-4-. The summed E-state index contributed by atoms with van der Waals surface area (Å²) in [5.41, 5.74) is 1.17. The van der Waals surface area contributed by atoms with E-state index in [0.717, 1.165) is 12.8 Å². The average molecular weight is 511 g/mol. The maximum Gasteiger partial charge on any atom is 0.233 e. The first-order chi connectivity index (χ1) is 17.9. The maximum absolute atomic E-state index is 15.0. The van der Waals surface area contributed by atoms with Crippen molar-refractivity contribution >= 4 is 41.8 Å². The lowest BCUT2D eigenvalue weighted by molar-refractivity contribution is -0.126. The van der Waals surface area contributed by atoms with Crippen molar-refractivity contribution in [2.75, 3.05) is 37.5 Å². The van der Waals surface area contributed by atoms with E-state index in [-0.39, 0.29) is 29.3 Å². The number of rotatable bonds is 12. The molecule has 9 heteroatoms. The van der Waals surface area contributed by atoms with Gasteiger partial charge in [-0.05, 0) is 61.2 Å². The molecule has 0 aromatic heterocycles. The molecule has 0 radical (unpaired) electrons. The van der Waals surface area contributed by atoms with E-state index in [1.807, 2.05) is 0 Å². The summed E-state index contributed by atoms with van der Waals surface area (Å²) in [7, 11) is 1.56. The number of benzene rings is 2. The molecule has 8 nitrogen and oxygen atoms in total. The first-order valence-corrected chi connectivity index (χ1v) is 12.5. The Hall–Kier alpha value is -3.72. The predicted octanol–water partition coefficient (Wildman–Crippen LogP) is 3.16. The van der Waals surface area contributed by atoms with Crippen molar-refractivity contribution in [2.24, 2.45) is 10.9 Å². The maximum atomic E-state index is 15.0. The second-order valence-corrected chi connectivity index (χ2v) is 8.90. The van der Waals surface area contributed by atoms with E-state index in [2.05, 4.69) is 27.5 Å². The van der Waals surface area contributed by atoms with E-state index < -0.39 is 5.82 Å². The Kier molecular flexibility index (Phi) is 10.6. The van der Waals surface area contributed by atoms with Gasteiger partial charge in [-0.25, -0.2) is 9.38 Å². The quantitative estimate of drug-likeness (QED) is 0.231. The van der Waals surface area contributed by atoms with Gasteiger partial charge >= 0.3 is 0 Å². The molecule has 1 saturated carbocycles. The van der Waals surface area contributed by atoms with E-state index in [9.17, 15) is 14.0 Å². The van der Waals surface area contributed by atoms with Crippen LogP contribution < -0.4 is 31.1 Å². The van der Waals surface area contributed by atoms with Crippen LogP contribution in [0.1, 0.15) is 39.0 Å². The summed E-state index contributed by atoms with van der Waals surface area (Å²) in [6.45, 7) is 7.00. The summed E-state index contributed by atoms with van der Waals surface area (Å²) in [6.07, 6.45) is 6.00. The number of aliphatic imine (C=N–C) groups is 1. The molecular formula is C28H35FN4O4. The molecule has 0 heterocycles. The third-order valence-electron chi connectivity index (χ3n) is 6.01. The van der Waals surface area contributed by atoms with Crippen LogP contribution in [0.2, 0.25) is 0 Å². The number of ether oxygens (including phenoxy) is 2. The van der Waals surface area contributed by atoms with E-state index >= 15 is 0 Å². The largest absolute Gasteiger partial charge is 0.491 e. The molecule has 3 rings (SSSR count). The van der Waals surface area contributed by atoms with Gasteiger partial charge in [0.05, 0.1) is 11.8 Å². The number of carbonyl (C=O) groups excluding carboxylic acids is 2. The van der Waals surface area contributed by atoms with Crippen LogP contribution in [0.4, 0.5) is 15.8 Å². The van der Waals surface area contributed by atoms with E-state index in [1.54, 1.807) is 50.6 Å². The van der Waals surface area contributed by atoms with Crippen LogP contribution in [0.3, 0.4) is 0 Å². The van der Waals surface area contributed by atoms with Crippen molar-refractivity contribution in [2.45, 2.75) is 39.0 Å². The number of hydrogen-bond donors (Lipinski definition) is 3. The van der Waals surface area contributed by atoms with Gasteiger partial charge in [0.1, 0.15) is 30.4 Å². The summed E-state index contributed by atoms with van der Waals surface area (Å²) < 4.78 is 25.4. The number of carbonyl (C=O) groups is 2. The Morgan fingerprint density at radius 1 is 1.08 bits per heavy atom. The van der Waals surface area contributed by atoms with Crippen molar-refractivity contribution in [3.8, 4) is 5.75 Å². The van der Waals surface area contributed by atoms with Crippen LogP contribution in [0.15, 0.2) is 41.4 Å². The Bertz CT molecular complexity index is 1210. The molecule has 0 unspecified atom stereocenters. The summed E-state index contributed by atoms with van der Waals surface area (Å²) in [5, 5.41) is 9.32. The van der Waals surface area contributed by atoms with E-state index in [0.29, 0.717) is 48.0 Å². The zero-order valence-corrected chi connectivity index (χ0v) is 21.4. The fourth-order valence-electron chi connectivity index (χ4n) is 4.18. The van der Waals surface area contributed by atoms with Gasteiger partial charge in [0.15, 0.2) is 0 Å². The molecule has 1 aliphatic rings. The molecule has 37 heavy (non-hydrogen) atoms. The molecule has 0 spiro atoms. The second kappa shape index (κ2) is 14.1. The Balaban J connectivity index is 1.63. The number of methoxy groups -OCH3 is 1. The van der Waals surface area contributed by atoms with Gasteiger partial charge in [-0.3, -0.25) is 9.59 Å².